The van der Waals surface area contributed by atoms with Gasteiger partial charge in [-0.15, -0.1) is 0 Å². The molecule has 0 bridgehead atoms. The second-order valence-electron chi connectivity index (χ2n) is 10.8. The van der Waals surface area contributed by atoms with Crippen LogP contribution in [0.3, 0.4) is 0 Å². The van der Waals surface area contributed by atoms with Crippen molar-refractivity contribution >= 4 is 32.9 Å². The number of hydrogen-bond donors (Lipinski definition) is 0. The maximum absolute atomic E-state index is 9.10. The molecule has 0 amide bonds. The Morgan fingerprint density at radius 2 is 1.37 bits per heavy atom. The normalized spacial score (nSPS) is 11.9. The van der Waals surface area contributed by atoms with Crippen LogP contribution in [0.15, 0.2) is 132 Å². The highest BCUT2D eigenvalue weighted by Gasteiger charge is 2.24. The first-order chi connectivity index (χ1) is 21.2. The zero-order valence-electron chi connectivity index (χ0n) is 22.8. The van der Waals surface area contributed by atoms with Crippen LogP contribution < -0.4 is 4.74 Å². The van der Waals surface area contributed by atoms with Gasteiger partial charge < -0.3 is 13.7 Å². The number of oxazole rings is 1. The van der Waals surface area contributed by atoms with Crippen molar-refractivity contribution in [2.24, 2.45) is 0 Å². The molecule has 1 aliphatic heterocycles. The summed E-state index contributed by atoms with van der Waals surface area (Å²) >= 11 is 0. The molecule has 0 saturated carbocycles. The van der Waals surface area contributed by atoms with E-state index in [0.29, 0.717) is 17.0 Å². The number of para-hydroxylation sites is 3. The fourth-order valence-electron chi connectivity index (χ4n) is 6.20. The lowest BCUT2D eigenvalue weighted by Gasteiger charge is -2.21. The molecule has 3 heterocycles. The minimum atomic E-state index is 0.536. The average molecular weight is 552 g/mol. The summed E-state index contributed by atoms with van der Waals surface area (Å²) in [6, 6.07) is 45.2. The fourth-order valence-corrected chi connectivity index (χ4v) is 6.20. The molecule has 6 aromatic carbocycles. The second kappa shape index (κ2) is 8.94. The van der Waals surface area contributed by atoms with Crippen LogP contribution in [-0.2, 0) is 0 Å². The SMILES string of the molecule is N#Cc1ccc(-c2nc3ccc(-c4cccc(-c5cc6c7c(c5)c5ccccc5n7-c5ccccc5O6)c4)cc3o2)cc1. The molecule has 0 unspecified atom stereocenters. The summed E-state index contributed by atoms with van der Waals surface area (Å²) in [6.45, 7) is 0. The van der Waals surface area contributed by atoms with E-state index in [2.05, 4.69) is 94.5 Å². The molecule has 0 radical (unpaired) electrons. The van der Waals surface area contributed by atoms with Crippen LogP contribution in [0.25, 0.3) is 72.3 Å². The van der Waals surface area contributed by atoms with Crippen molar-refractivity contribution in [2.75, 3.05) is 0 Å². The summed E-state index contributed by atoms with van der Waals surface area (Å²) in [5.41, 5.74) is 10.6. The maximum Gasteiger partial charge on any atom is 0.227 e. The lowest BCUT2D eigenvalue weighted by molar-refractivity contribution is 0.476. The quantitative estimate of drug-likeness (QED) is 0.219. The Kier molecular flexibility index (Phi) is 4.90. The highest BCUT2D eigenvalue weighted by atomic mass is 16.5. The lowest BCUT2D eigenvalue weighted by atomic mass is 9.97. The van der Waals surface area contributed by atoms with Gasteiger partial charge in [-0.2, -0.15) is 5.26 Å². The van der Waals surface area contributed by atoms with E-state index in [4.69, 9.17) is 14.4 Å². The third-order valence-corrected chi connectivity index (χ3v) is 8.24. The van der Waals surface area contributed by atoms with Gasteiger partial charge in [-0.1, -0.05) is 54.6 Å². The van der Waals surface area contributed by atoms with E-state index in [1.807, 2.05) is 36.4 Å². The largest absolute Gasteiger partial charge is 0.453 e. The molecule has 43 heavy (non-hydrogen) atoms. The number of nitrogens with zero attached hydrogens (tertiary/aromatic N) is 3. The van der Waals surface area contributed by atoms with Crippen molar-refractivity contribution in [3.05, 3.63) is 133 Å². The van der Waals surface area contributed by atoms with E-state index in [0.717, 1.165) is 56.0 Å². The smallest absolute Gasteiger partial charge is 0.227 e. The van der Waals surface area contributed by atoms with Gasteiger partial charge in [0.25, 0.3) is 0 Å². The van der Waals surface area contributed by atoms with Crippen LogP contribution >= 0.6 is 0 Å². The van der Waals surface area contributed by atoms with Gasteiger partial charge in [0.1, 0.15) is 5.52 Å². The van der Waals surface area contributed by atoms with E-state index >= 15 is 0 Å². The minimum Gasteiger partial charge on any atom is -0.453 e. The molecule has 2 aromatic heterocycles. The summed E-state index contributed by atoms with van der Waals surface area (Å²) in [7, 11) is 0. The third-order valence-electron chi connectivity index (χ3n) is 8.24. The van der Waals surface area contributed by atoms with Crippen molar-refractivity contribution in [2.45, 2.75) is 0 Å². The Labute approximate surface area is 246 Å². The molecular weight excluding hydrogens is 530 g/mol. The van der Waals surface area contributed by atoms with Crippen molar-refractivity contribution in [1.82, 2.24) is 9.55 Å². The molecule has 0 saturated heterocycles. The molecule has 0 fully saturated rings. The molecule has 5 nitrogen and oxygen atoms in total. The summed E-state index contributed by atoms with van der Waals surface area (Å²) in [4.78, 5) is 4.67. The van der Waals surface area contributed by atoms with Crippen LogP contribution in [-0.4, -0.2) is 9.55 Å². The number of ether oxygens (including phenoxy) is 1. The molecule has 200 valence electrons. The Balaban J connectivity index is 1.15. The van der Waals surface area contributed by atoms with E-state index in [1.54, 1.807) is 12.1 Å². The standard InChI is InChI=1S/C38H21N3O2/c39-22-23-12-14-24(15-13-23)38-40-31-17-16-27(20-35(31)43-38)25-6-5-7-26(18-25)28-19-30-29-8-1-2-9-32(29)41-33-10-3-4-11-34(33)42-36(21-28)37(30)41/h1-21H. The highest BCUT2D eigenvalue weighted by Crippen LogP contribution is 2.47. The van der Waals surface area contributed by atoms with Crippen LogP contribution in [0.5, 0.6) is 11.5 Å². The van der Waals surface area contributed by atoms with Crippen molar-refractivity contribution in [1.29, 1.82) is 5.26 Å². The fraction of sp³-hybridized carbons (Fsp3) is 0. The first-order valence-electron chi connectivity index (χ1n) is 14.1. The zero-order chi connectivity index (χ0) is 28.5. The number of benzene rings is 6. The summed E-state index contributed by atoms with van der Waals surface area (Å²) in [6.07, 6.45) is 0. The lowest BCUT2D eigenvalue weighted by Crippen LogP contribution is -2.03. The van der Waals surface area contributed by atoms with Gasteiger partial charge in [-0.3, -0.25) is 0 Å². The minimum absolute atomic E-state index is 0.536. The van der Waals surface area contributed by atoms with Gasteiger partial charge in [0, 0.05) is 16.3 Å². The molecule has 9 rings (SSSR count). The van der Waals surface area contributed by atoms with E-state index < -0.39 is 0 Å². The number of hydrogen-bond acceptors (Lipinski definition) is 4. The number of nitriles is 1. The average Bonchev–Trinajstić information content (AvgIpc) is 3.65. The Morgan fingerprint density at radius 3 is 2.26 bits per heavy atom. The Hall–Kier alpha value is -6.12. The Bertz CT molecular complexity index is 2440. The van der Waals surface area contributed by atoms with Crippen LogP contribution in [0.1, 0.15) is 5.56 Å². The zero-order valence-corrected chi connectivity index (χ0v) is 22.8. The topological polar surface area (TPSA) is 64.0 Å². The van der Waals surface area contributed by atoms with Gasteiger partial charge >= 0.3 is 0 Å². The molecule has 0 N–H and O–H groups in total. The predicted molar refractivity (Wildman–Crippen MR) is 169 cm³/mol. The third kappa shape index (κ3) is 3.61. The number of aromatic nitrogens is 2. The van der Waals surface area contributed by atoms with E-state index in [1.165, 1.54) is 16.3 Å². The number of rotatable bonds is 3. The molecule has 0 spiro atoms. The van der Waals surface area contributed by atoms with Gasteiger partial charge in [-0.05, 0) is 95.1 Å². The molecular formula is C38H21N3O2. The van der Waals surface area contributed by atoms with Crippen LogP contribution in [0.2, 0.25) is 0 Å². The van der Waals surface area contributed by atoms with Gasteiger partial charge in [0.15, 0.2) is 17.1 Å². The van der Waals surface area contributed by atoms with Crippen LogP contribution in [0, 0.1) is 11.3 Å². The summed E-state index contributed by atoms with van der Waals surface area (Å²) < 4.78 is 15.0. The van der Waals surface area contributed by atoms with Gasteiger partial charge in [0.2, 0.25) is 5.89 Å². The summed E-state index contributed by atoms with van der Waals surface area (Å²) in [5.74, 6) is 2.24. The first kappa shape index (κ1) is 23.6. The molecule has 0 aliphatic carbocycles. The second-order valence-corrected chi connectivity index (χ2v) is 10.8. The van der Waals surface area contributed by atoms with Crippen molar-refractivity contribution < 1.29 is 9.15 Å². The molecule has 5 heteroatoms. The van der Waals surface area contributed by atoms with Crippen molar-refractivity contribution in [3.8, 4) is 57.0 Å². The Morgan fingerprint density at radius 1 is 0.605 bits per heavy atom. The highest BCUT2D eigenvalue weighted by molar-refractivity contribution is 6.13. The van der Waals surface area contributed by atoms with Gasteiger partial charge in [0.05, 0.1) is 28.4 Å². The van der Waals surface area contributed by atoms with Gasteiger partial charge in [-0.25, -0.2) is 4.98 Å². The predicted octanol–water partition coefficient (Wildman–Crippen LogP) is 9.90. The van der Waals surface area contributed by atoms with E-state index in [-0.39, 0.29) is 0 Å². The number of fused-ring (bicyclic) bond motifs is 6. The van der Waals surface area contributed by atoms with E-state index in [9.17, 15) is 0 Å². The first-order valence-corrected chi connectivity index (χ1v) is 14.1. The van der Waals surface area contributed by atoms with Crippen LogP contribution in [0.4, 0.5) is 0 Å². The molecule has 1 aliphatic rings. The monoisotopic (exact) mass is 551 g/mol. The maximum atomic E-state index is 9.10. The van der Waals surface area contributed by atoms with Crippen molar-refractivity contribution in [3.63, 3.8) is 0 Å². The summed E-state index contributed by atoms with van der Waals surface area (Å²) in [5, 5.41) is 11.5. The molecule has 0 atom stereocenters. The molecule has 8 aromatic rings.